The lowest BCUT2D eigenvalue weighted by atomic mass is 10.1. The van der Waals surface area contributed by atoms with Gasteiger partial charge in [0.05, 0.1) is 6.04 Å². The van der Waals surface area contributed by atoms with Gasteiger partial charge in [-0.3, -0.25) is 9.69 Å². The van der Waals surface area contributed by atoms with Crippen LogP contribution in [0.15, 0.2) is 41.1 Å². The van der Waals surface area contributed by atoms with E-state index >= 15 is 0 Å². The zero-order valence-corrected chi connectivity index (χ0v) is 15.7. The molecule has 2 aromatic rings. The van der Waals surface area contributed by atoms with Crippen molar-refractivity contribution in [2.45, 2.75) is 46.2 Å². The van der Waals surface area contributed by atoms with E-state index in [0.29, 0.717) is 5.56 Å². The lowest BCUT2D eigenvalue weighted by molar-refractivity contribution is 0.0737. The van der Waals surface area contributed by atoms with Crippen LogP contribution in [-0.4, -0.2) is 41.0 Å². The van der Waals surface area contributed by atoms with E-state index in [1.54, 1.807) is 18.0 Å². The fraction of sp³-hybridized carbons (Fsp3) is 0.500. The second-order valence-electron chi connectivity index (χ2n) is 6.49. The highest BCUT2D eigenvalue weighted by molar-refractivity contribution is 5.94. The second kappa shape index (κ2) is 9.37. The third-order valence-electron chi connectivity index (χ3n) is 4.47. The molecule has 0 N–H and O–H groups in total. The van der Waals surface area contributed by atoms with Crippen LogP contribution in [0.4, 0.5) is 0 Å². The maximum atomic E-state index is 12.7. The van der Waals surface area contributed by atoms with Gasteiger partial charge in [-0.2, -0.15) is 0 Å². The van der Waals surface area contributed by atoms with Crippen molar-refractivity contribution in [3.8, 4) is 0 Å². The summed E-state index contributed by atoms with van der Waals surface area (Å²) in [4.78, 5) is 16.8. The molecular weight excluding hydrogens is 314 g/mol. The quantitative estimate of drug-likeness (QED) is 0.687. The molecule has 5 heteroatoms. The van der Waals surface area contributed by atoms with E-state index in [9.17, 15) is 4.79 Å². The number of carbonyl (C=O) groups excluding carboxylic acids is 1. The summed E-state index contributed by atoms with van der Waals surface area (Å²) in [5.41, 5.74) is 2.69. The van der Waals surface area contributed by atoms with E-state index in [0.717, 1.165) is 38.2 Å². The lowest BCUT2D eigenvalue weighted by Crippen LogP contribution is -2.30. The molecular formula is C20H29N3O2. The summed E-state index contributed by atoms with van der Waals surface area (Å²) < 4.78 is 4.87. The predicted octanol–water partition coefficient (Wildman–Crippen LogP) is 4.13. The molecule has 0 saturated heterocycles. The van der Waals surface area contributed by atoms with Gasteiger partial charge >= 0.3 is 0 Å². The molecule has 0 aliphatic carbocycles. The number of benzene rings is 1. The Morgan fingerprint density at radius 3 is 2.28 bits per heavy atom. The molecule has 25 heavy (non-hydrogen) atoms. The average molecular weight is 343 g/mol. The first-order chi connectivity index (χ1) is 12.1. The summed E-state index contributed by atoms with van der Waals surface area (Å²) in [6, 6.07) is 9.60. The molecule has 1 aromatic heterocycles. The summed E-state index contributed by atoms with van der Waals surface area (Å²) >= 11 is 0. The highest BCUT2D eigenvalue weighted by Crippen LogP contribution is 2.19. The molecule has 0 spiro atoms. The summed E-state index contributed by atoms with van der Waals surface area (Å²) in [6.07, 6.45) is 3.83. The van der Waals surface area contributed by atoms with E-state index in [1.807, 2.05) is 19.1 Å². The Kier molecular flexibility index (Phi) is 7.19. The van der Waals surface area contributed by atoms with E-state index in [-0.39, 0.29) is 11.9 Å². The third-order valence-corrected chi connectivity index (χ3v) is 4.47. The molecule has 0 bridgehead atoms. The van der Waals surface area contributed by atoms with Crippen LogP contribution in [0.1, 0.15) is 61.3 Å². The van der Waals surface area contributed by atoms with Crippen LogP contribution in [0.2, 0.25) is 0 Å². The summed E-state index contributed by atoms with van der Waals surface area (Å²) in [5.74, 6) is -0.0129. The van der Waals surface area contributed by atoms with Crippen LogP contribution in [0.5, 0.6) is 0 Å². The van der Waals surface area contributed by atoms with E-state index in [2.05, 4.69) is 36.0 Å². The Hall–Kier alpha value is -2.14. The van der Waals surface area contributed by atoms with Crippen molar-refractivity contribution in [3.63, 3.8) is 0 Å². The smallest absolute Gasteiger partial charge is 0.254 e. The number of nitrogens with zero attached hydrogens (tertiary/aromatic N) is 3. The van der Waals surface area contributed by atoms with E-state index < -0.39 is 0 Å². The van der Waals surface area contributed by atoms with Crippen LogP contribution >= 0.6 is 0 Å². The Morgan fingerprint density at radius 1 is 1.12 bits per heavy atom. The summed E-state index contributed by atoms with van der Waals surface area (Å²) in [7, 11) is 1.79. The van der Waals surface area contributed by atoms with Crippen molar-refractivity contribution in [1.29, 1.82) is 0 Å². The number of hydrogen-bond acceptors (Lipinski definition) is 4. The monoisotopic (exact) mass is 343 g/mol. The molecule has 5 nitrogen and oxygen atoms in total. The first kappa shape index (κ1) is 19.2. The van der Waals surface area contributed by atoms with Crippen molar-refractivity contribution in [2.75, 3.05) is 20.1 Å². The van der Waals surface area contributed by atoms with Gasteiger partial charge in [0.1, 0.15) is 12.0 Å². The Bertz CT molecular complexity index is 631. The van der Waals surface area contributed by atoms with Gasteiger partial charge in [0.15, 0.2) is 0 Å². The lowest BCUT2D eigenvalue weighted by Gasteiger charge is -2.24. The molecule has 2 rings (SSSR count). The van der Waals surface area contributed by atoms with E-state index in [4.69, 9.17) is 4.52 Å². The number of amides is 1. The van der Waals surface area contributed by atoms with Gasteiger partial charge in [0.25, 0.3) is 5.91 Å². The van der Waals surface area contributed by atoms with Crippen LogP contribution in [0.25, 0.3) is 0 Å². The molecule has 136 valence electrons. The first-order valence-electron chi connectivity index (χ1n) is 9.05. The average Bonchev–Trinajstić information content (AvgIpc) is 3.15. The van der Waals surface area contributed by atoms with Crippen molar-refractivity contribution < 1.29 is 9.32 Å². The minimum atomic E-state index is -0.129. The van der Waals surface area contributed by atoms with Gasteiger partial charge in [0, 0.05) is 25.2 Å². The van der Waals surface area contributed by atoms with Crippen LogP contribution in [0.3, 0.4) is 0 Å². The van der Waals surface area contributed by atoms with Crippen LogP contribution < -0.4 is 0 Å². The standard InChI is InChI=1S/C20H29N3O2/c1-5-12-23(13-6-2)15-17-7-9-18(10-8-17)20(24)22(4)16(3)19-11-14-25-21-19/h7-11,14,16H,5-6,12-13,15H2,1-4H3/t16-/m0/s1. The molecule has 1 heterocycles. The minimum absolute atomic E-state index is 0.0129. The van der Waals surface area contributed by atoms with Gasteiger partial charge in [0.2, 0.25) is 0 Å². The normalized spacial score (nSPS) is 12.4. The highest BCUT2D eigenvalue weighted by Gasteiger charge is 2.20. The van der Waals surface area contributed by atoms with Gasteiger partial charge in [-0.05, 0) is 50.6 Å². The Morgan fingerprint density at radius 2 is 1.76 bits per heavy atom. The zero-order valence-electron chi connectivity index (χ0n) is 15.7. The van der Waals surface area contributed by atoms with Crippen LogP contribution in [-0.2, 0) is 6.54 Å². The van der Waals surface area contributed by atoms with Gasteiger partial charge < -0.3 is 9.42 Å². The Balaban J connectivity index is 2.02. The fourth-order valence-electron chi connectivity index (χ4n) is 2.93. The molecule has 0 saturated carbocycles. The highest BCUT2D eigenvalue weighted by atomic mass is 16.5. The van der Waals surface area contributed by atoms with E-state index in [1.165, 1.54) is 11.8 Å². The van der Waals surface area contributed by atoms with Crippen molar-refractivity contribution in [2.24, 2.45) is 0 Å². The van der Waals surface area contributed by atoms with Crippen molar-refractivity contribution in [1.82, 2.24) is 15.0 Å². The topological polar surface area (TPSA) is 49.6 Å². The molecule has 0 aliphatic rings. The molecule has 0 unspecified atom stereocenters. The summed E-state index contributed by atoms with van der Waals surface area (Å²) in [6.45, 7) is 9.49. The first-order valence-corrected chi connectivity index (χ1v) is 9.05. The molecule has 1 atom stereocenters. The maximum Gasteiger partial charge on any atom is 0.254 e. The maximum absolute atomic E-state index is 12.7. The number of rotatable bonds is 9. The van der Waals surface area contributed by atoms with Crippen LogP contribution in [0, 0.1) is 0 Å². The van der Waals surface area contributed by atoms with Gasteiger partial charge in [-0.1, -0.05) is 31.1 Å². The molecule has 0 aliphatic heterocycles. The molecule has 0 fully saturated rings. The van der Waals surface area contributed by atoms with Gasteiger partial charge in [-0.25, -0.2) is 0 Å². The summed E-state index contributed by atoms with van der Waals surface area (Å²) in [5, 5.41) is 3.92. The van der Waals surface area contributed by atoms with Crippen molar-refractivity contribution >= 4 is 5.91 Å². The second-order valence-corrected chi connectivity index (χ2v) is 6.49. The number of hydrogen-bond donors (Lipinski definition) is 0. The third kappa shape index (κ3) is 5.16. The largest absolute Gasteiger partial charge is 0.364 e. The van der Waals surface area contributed by atoms with Gasteiger partial charge in [-0.15, -0.1) is 0 Å². The minimum Gasteiger partial charge on any atom is -0.364 e. The molecule has 1 amide bonds. The number of carbonyl (C=O) groups is 1. The van der Waals surface area contributed by atoms with Crippen molar-refractivity contribution in [3.05, 3.63) is 53.4 Å². The SMILES string of the molecule is CCCN(CCC)Cc1ccc(C(=O)N(C)[C@@H](C)c2ccon2)cc1. The zero-order chi connectivity index (χ0) is 18.2. The molecule has 0 radical (unpaired) electrons. The molecule has 1 aromatic carbocycles. The Labute approximate surface area is 150 Å². The fourth-order valence-corrected chi connectivity index (χ4v) is 2.93. The number of aromatic nitrogens is 1. The predicted molar refractivity (Wildman–Crippen MR) is 99.3 cm³/mol.